The Bertz CT molecular complexity index is 786. The van der Waals surface area contributed by atoms with E-state index in [0.717, 1.165) is 5.57 Å². The summed E-state index contributed by atoms with van der Waals surface area (Å²) in [6.07, 6.45) is 2.00. The maximum atomic E-state index is 12.3. The standard InChI is InChI=1S/C16H17ClN4O2S/c1-11(2)7-8-20-15(22)10-24-16-19-18-14(21(16)20)9-23-13-6-4-3-5-12(13)17/h3-7H,8-10H2,1-2H3. The quantitative estimate of drug-likeness (QED) is 0.763. The first-order valence-electron chi connectivity index (χ1n) is 7.44. The molecule has 8 heteroatoms. The zero-order valence-electron chi connectivity index (χ0n) is 13.4. The molecular weight excluding hydrogens is 348 g/mol. The molecule has 0 atom stereocenters. The van der Waals surface area contributed by atoms with E-state index >= 15 is 0 Å². The number of carbonyl (C=O) groups is 1. The largest absolute Gasteiger partial charge is 0.484 e. The number of rotatable bonds is 5. The molecule has 1 aliphatic rings. The van der Waals surface area contributed by atoms with E-state index in [1.165, 1.54) is 11.8 Å². The van der Waals surface area contributed by atoms with E-state index in [2.05, 4.69) is 10.2 Å². The highest BCUT2D eigenvalue weighted by atomic mass is 35.5. The average Bonchev–Trinajstić information content (AvgIpc) is 2.96. The Morgan fingerprint density at radius 2 is 2.17 bits per heavy atom. The van der Waals surface area contributed by atoms with Crippen molar-refractivity contribution in [3.05, 3.63) is 46.8 Å². The van der Waals surface area contributed by atoms with Crippen LogP contribution < -0.4 is 9.75 Å². The highest BCUT2D eigenvalue weighted by Crippen LogP contribution is 2.26. The van der Waals surface area contributed by atoms with Crippen molar-refractivity contribution in [2.45, 2.75) is 25.6 Å². The number of carbonyl (C=O) groups excluding carboxylic acids is 1. The molecule has 24 heavy (non-hydrogen) atoms. The molecule has 2 heterocycles. The molecule has 126 valence electrons. The van der Waals surface area contributed by atoms with Crippen molar-refractivity contribution in [1.82, 2.24) is 14.9 Å². The summed E-state index contributed by atoms with van der Waals surface area (Å²) in [6.45, 7) is 4.65. The van der Waals surface area contributed by atoms with Crippen LogP contribution in [0.4, 0.5) is 0 Å². The van der Waals surface area contributed by atoms with E-state index in [9.17, 15) is 4.79 Å². The lowest BCUT2D eigenvalue weighted by molar-refractivity contribution is -0.117. The molecule has 0 aliphatic carbocycles. The molecule has 6 nitrogen and oxygen atoms in total. The fraction of sp³-hybridized carbons (Fsp3) is 0.312. The maximum Gasteiger partial charge on any atom is 0.252 e. The lowest BCUT2D eigenvalue weighted by Gasteiger charge is -2.28. The molecule has 1 aromatic carbocycles. The predicted octanol–water partition coefficient (Wildman–Crippen LogP) is 3.05. The van der Waals surface area contributed by atoms with E-state index in [1.807, 2.05) is 32.1 Å². The van der Waals surface area contributed by atoms with Crippen molar-refractivity contribution in [2.75, 3.05) is 17.3 Å². The van der Waals surface area contributed by atoms with Crippen LogP contribution in [-0.4, -0.2) is 33.1 Å². The molecule has 1 aromatic heterocycles. The van der Waals surface area contributed by atoms with Gasteiger partial charge in [-0.1, -0.05) is 47.1 Å². The third-order valence-electron chi connectivity index (χ3n) is 3.40. The first-order valence-corrected chi connectivity index (χ1v) is 8.81. The van der Waals surface area contributed by atoms with Gasteiger partial charge in [-0.15, -0.1) is 10.2 Å². The highest BCUT2D eigenvalue weighted by molar-refractivity contribution is 7.99. The van der Waals surface area contributed by atoms with Gasteiger partial charge < -0.3 is 4.74 Å². The second-order valence-electron chi connectivity index (χ2n) is 5.48. The minimum absolute atomic E-state index is 0.0174. The predicted molar refractivity (Wildman–Crippen MR) is 94.1 cm³/mol. The van der Waals surface area contributed by atoms with Crippen molar-refractivity contribution in [1.29, 1.82) is 0 Å². The van der Waals surface area contributed by atoms with Gasteiger partial charge in [0.15, 0.2) is 5.82 Å². The van der Waals surface area contributed by atoms with Gasteiger partial charge >= 0.3 is 0 Å². The smallest absolute Gasteiger partial charge is 0.252 e. The van der Waals surface area contributed by atoms with Crippen LogP contribution in [-0.2, 0) is 11.4 Å². The van der Waals surface area contributed by atoms with E-state index in [-0.39, 0.29) is 12.5 Å². The number of thioether (sulfide) groups is 1. The number of amides is 1. The van der Waals surface area contributed by atoms with Gasteiger partial charge in [-0.25, -0.2) is 9.69 Å². The Labute approximate surface area is 149 Å². The summed E-state index contributed by atoms with van der Waals surface area (Å²) in [4.78, 5) is 12.3. The number of hydrogen-bond donors (Lipinski definition) is 0. The van der Waals surface area contributed by atoms with Crippen LogP contribution in [0.2, 0.25) is 5.02 Å². The molecule has 1 aliphatic heterocycles. The molecule has 0 saturated carbocycles. The number of para-hydroxylation sites is 1. The molecule has 0 radical (unpaired) electrons. The molecular formula is C16H17ClN4O2S. The fourth-order valence-corrected chi connectivity index (χ4v) is 3.20. The number of allylic oxidation sites excluding steroid dienone is 1. The summed E-state index contributed by atoms with van der Waals surface area (Å²) >= 11 is 7.48. The molecule has 0 unspecified atom stereocenters. The summed E-state index contributed by atoms with van der Waals surface area (Å²) in [5.74, 6) is 1.51. The number of nitrogens with zero attached hydrogens (tertiary/aromatic N) is 4. The van der Waals surface area contributed by atoms with Crippen molar-refractivity contribution in [3.63, 3.8) is 0 Å². The Hall–Kier alpha value is -1.99. The zero-order valence-corrected chi connectivity index (χ0v) is 15.0. The second-order valence-corrected chi connectivity index (χ2v) is 6.83. The summed E-state index contributed by atoms with van der Waals surface area (Å²) in [7, 11) is 0. The van der Waals surface area contributed by atoms with Gasteiger partial charge in [0.25, 0.3) is 5.91 Å². The topological polar surface area (TPSA) is 60.3 Å². The molecule has 0 N–H and O–H groups in total. The Kier molecular flexibility index (Phi) is 5.11. The molecule has 2 aromatic rings. The van der Waals surface area contributed by atoms with Gasteiger partial charge in [-0.05, 0) is 26.0 Å². The summed E-state index contributed by atoms with van der Waals surface area (Å²) in [5.41, 5.74) is 1.14. The van der Waals surface area contributed by atoms with Gasteiger partial charge in [-0.3, -0.25) is 4.79 Å². The Balaban J connectivity index is 1.83. The van der Waals surface area contributed by atoms with Crippen LogP contribution in [0.25, 0.3) is 0 Å². The van der Waals surface area contributed by atoms with Crippen molar-refractivity contribution in [2.24, 2.45) is 0 Å². The Morgan fingerprint density at radius 1 is 1.38 bits per heavy atom. The van der Waals surface area contributed by atoms with Gasteiger partial charge in [0.2, 0.25) is 5.16 Å². The van der Waals surface area contributed by atoms with Crippen LogP contribution in [0.5, 0.6) is 5.75 Å². The number of halogens is 1. The average molecular weight is 365 g/mol. The molecule has 0 spiro atoms. The van der Waals surface area contributed by atoms with Crippen LogP contribution in [0.15, 0.2) is 41.1 Å². The van der Waals surface area contributed by atoms with Crippen LogP contribution >= 0.6 is 23.4 Å². The molecule has 1 amide bonds. The number of ether oxygens (including phenoxy) is 1. The van der Waals surface area contributed by atoms with Crippen molar-refractivity contribution < 1.29 is 9.53 Å². The minimum Gasteiger partial charge on any atom is -0.484 e. The summed E-state index contributed by atoms with van der Waals surface area (Å²) in [5, 5.41) is 11.2. The summed E-state index contributed by atoms with van der Waals surface area (Å²) < 4.78 is 7.47. The molecule has 0 bridgehead atoms. The lowest BCUT2D eigenvalue weighted by atomic mass is 10.3. The normalized spacial score (nSPS) is 13.6. The minimum atomic E-state index is 0.0174. The summed E-state index contributed by atoms with van der Waals surface area (Å²) in [6, 6.07) is 7.24. The van der Waals surface area contributed by atoms with Gasteiger partial charge in [0.05, 0.1) is 17.3 Å². The third kappa shape index (κ3) is 3.57. The van der Waals surface area contributed by atoms with E-state index in [1.54, 1.807) is 21.8 Å². The number of benzene rings is 1. The maximum absolute atomic E-state index is 12.3. The monoisotopic (exact) mass is 364 g/mol. The van der Waals surface area contributed by atoms with Gasteiger partial charge in [-0.2, -0.15) is 0 Å². The molecule has 3 rings (SSSR count). The van der Waals surface area contributed by atoms with Gasteiger partial charge in [0, 0.05) is 0 Å². The fourth-order valence-electron chi connectivity index (χ4n) is 2.19. The number of hydrogen-bond acceptors (Lipinski definition) is 5. The van der Waals surface area contributed by atoms with Crippen LogP contribution in [0, 0.1) is 0 Å². The van der Waals surface area contributed by atoms with E-state index in [4.69, 9.17) is 16.3 Å². The number of aromatic nitrogens is 3. The first kappa shape index (κ1) is 16.9. The first-order chi connectivity index (χ1) is 11.6. The highest BCUT2D eigenvalue weighted by Gasteiger charge is 2.28. The number of fused-ring (bicyclic) bond motifs is 1. The van der Waals surface area contributed by atoms with E-state index in [0.29, 0.717) is 34.1 Å². The van der Waals surface area contributed by atoms with Crippen molar-refractivity contribution >= 4 is 29.3 Å². The van der Waals surface area contributed by atoms with Crippen LogP contribution in [0.3, 0.4) is 0 Å². The SMILES string of the molecule is CC(C)=CCN1C(=O)CSc2nnc(COc3ccccc3Cl)n21. The zero-order chi connectivity index (χ0) is 17.1. The van der Waals surface area contributed by atoms with Crippen LogP contribution in [0.1, 0.15) is 19.7 Å². The molecule has 0 saturated heterocycles. The Morgan fingerprint density at radius 3 is 2.92 bits per heavy atom. The molecule has 0 fully saturated rings. The third-order valence-corrected chi connectivity index (χ3v) is 4.61. The second kappa shape index (κ2) is 7.27. The van der Waals surface area contributed by atoms with Crippen molar-refractivity contribution in [3.8, 4) is 5.75 Å². The van der Waals surface area contributed by atoms with E-state index < -0.39 is 0 Å². The lowest BCUT2D eigenvalue weighted by Crippen LogP contribution is -2.46. The van der Waals surface area contributed by atoms with Gasteiger partial charge in [0.1, 0.15) is 12.4 Å².